The van der Waals surface area contributed by atoms with E-state index in [4.69, 9.17) is 0 Å². The fourth-order valence-corrected chi connectivity index (χ4v) is 3.45. The van der Waals surface area contributed by atoms with Crippen molar-refractivity contribution in [3.8, 4) is 0 Å². The summed E-state index contributed by atoms with van der Waals surface area (Å²) in [6.45, 7) is 5.57. The van der Waals surface area contributed by atoms with Crippen LogP contribution < -0.4 is 15.3 Å². The fraction of sp³-hybridized carbons (Fsp3) is 0.750. The van der Waals surface area contributed by atoms with Crippen LogP contribution in [0.2, 0.25) is 0 Å². The minimum atomic E-state index is -1.11. The lowest BCUT2D eigenvalue weighted by atomic mass is 9.82. The molecular formula is C16H26N2O3. The molecule has 2 aliphatic rings. The van der Waals surface area contributed by atoms with Crippen LogP contribution in [0.25, 0.3) is 0 Å². The first-order chi connectivity index (χ1) is 10.1. The predicted molar refractivity (Wildman–Crippen MR) is 77.4 cm³/mol. The number of piperidine rings is 1. The molecule has 0 unspecified atom stereocenters. The van der Waals surface area contributed by atoms with Gasteiger partial charge in [0.1, 0.15) is 0 Å². The number of quaternary nitrogens is 1. The molecule has 0 aromatic rings. The molecule has 0 aromatic heterocycles. The molecule has 0 aromatic carbocycles. The quantitative estimate of drug-likeness (QED) is 0.632. The highest BCUT2D eigenvalue weighted by Crippen LogP contribution is 2.25. The minimum absolute atomic E-state index is 0.113. The number of carbonyl (C=O) groups excluding carboxylic acids is 2. The highest BCUT2D eigenvalue weighted by Gasteiger charge is 2.32. The first-order valence-corrected chi connectivity index (χ1v) is 8.11. The summed E-state index contributed by atoms with van der Waals surface area (Å²) in [5, 5.41) is 14.2. The van der Waals surface area contributed by atoms with Gasteiger partial charge in [0.15, 0.2) is 0 Å². The molecule has 0 radical (unpaired) electrons. The van der Waals surface area contributed by atoms with Crippen LogP contribution in [0.5, 0.6) is 0 Å². The second kappa shape index (κ2) is 7.59. The zero-order valence-electron chi connectivity index (χ0n) is 12.8. The van der Waals surface area contributed by atoms with E-state index in [9.17, 15) is 14.7 Å². The van der Waals surface area contributed by atoms with Crippen molar-refractivity contribution in [2.45, 2.75) is 45.1 Å². The molecule has 0 spiro atoms. The number of hydrogen-bond donors (Lipinski definition) is 2. The summed E-state index contributed by atoms with van der Waals surface area (Å²) in [4.78, 5) is 25.1. The molecule has 1 saturated heterocycles. The third-order valence-electron chi connectivity index (χ3n) is 4.71. The zero-order chi connectivity index (χ0) is 15.2. The van der Waals surface area contributed by atoms with E-state index in [1.807, 2.05) is 12.2 Å². The highest BCUT2D eigenvalue weighted by molar-refractivity contribution is 5.84. The number of amides is 1. The molecule has 1 aliphatic heterocycles. The van der Waals surface area contributed by atoms with Crippen molar-refractivity contribution in [1.29, 1.82) is 0 Å². The van der Waals surface area contributed by atoms with Gasteiger partial charge in [-0.2, -0.15) is 0 Å². The van der Waals surface area contributed by atoms with Gasteiger partial charge in [0.05, 0.1) is 19.6 Å². The van der Waals surface area contributed by atoms with E-state index < -0.39 is 17.8 Å². The molecule has 5 heteroatoms. The largest absolute Gasteiger partial charge is 0.550 e. The Hall–Kier alpha value is -1.36. The third kappa shape index (κ3) is 4.30. The SMILES string of the molecule is CCC[NH+]1CCC(NC(=O)[C@@H]2CC=CC[C@@H]2C(=O)[O-])CC1. The minimum Gasteiger partial charge on any atom is -0.550 e. The summed E-state index contributed by atoms with van der Waals surface area (Å²) in [6.07, 6.45) is 7.80. The number of carboxylic acids is 1. The fourth-order valence-electron chi connectivity index (χ4n) is 3.45. The lowest BCUT2D eigenvalue weighted by Gasteiger charge is -2.33. The van der Waals surface area contributed by atoms with Crippen LogP contribution in [0.3, 0.4) is 0 Å². The maximum atomic E-state index is 12.3. The second-order valence-electron chi connectivity index (χ2n) is 6.26. The molecule has 2 rings (SSSR count). The Kier molecular flexibility index (Phi) is 5.79. The number of nitrogens with one attached hydrogen (secondary N) is 2. The molecule has 1 amide bonds. The molecule has 2 N–H and O–H groups in total. The predicted octanol–water partition coefficient (Wildman–Crippen LogP) is -1.11. The molecule has 1 heterocycles. The smallest absolute Gasteiger partial charge is 0.224 e. The van der Waals surface area contributed by atoms with Crippen molar-refractivity contribution in [3.05, 3.63) is 12.2 Å². The van der Waals surface area contributed by atoms with E-state index in [1.54, 1.807) is 4.90 Å². The summed E-state index contributed by atoms with van der Waals surface area (Å²) < 4.78 is 0. The van der Waals surface area contributed by atoms with Crippen LogP contribution in [0, 0.1) is 11.8 Å². The number of allylic oxidation sites excluding steroid dienone is 2. The van der Waals surface area contributed by atoms with E-state index in [0.29, 0.717) is 12.8 Å². The van der Waals surface area contributed by atoms with Gasteiger partial charge in [-0.3, -0.25) is 4.79 Å². The Morgan fingerprint density at radius 1 is 1.19 bits per heavy atom. The maximum absolute atomic E-state index is 12.3. The summed E-state index contributed by atoms with van der Waals surface area (Å²) in [6, 6.07) is 0.200. The molecular weight excluding hydrogens is 268 g/mol. The summed E-state index contributed by atoms with van der Waals surface area (Å²) in [7, 11) is 0. The number of rotatable bonds is 5. The van der Waals surface area contributed by atoms with Gasteiger partial charge < -0.3 is 20.1 Å². The van der Waals surface area contributed by atoms with Crippen molar-refractivity contribution in [2.75, 3.05) is 19.6 Å². The van der Waals surface area contributed by atoms with Gasteiger partial charge in [0.25, 0.3) is 0 Å². The van der Waals surface area contributed by atoms with Crippen molar-refractivity contribution in [2.24, 2.45) is 11.8 Å². The average molecular weight is 294 g/mol. The van der Waals surface area contributed by atoms with E-state index >= 15 is 0 Å². The highest BCUT2D eigenvalue weighted by atomic mass is 16.4. The molecule has 0 bridgehead atoms. The van der Waals surface area contributed by atoms with Crippen molar-refractivity contribution >= 4 is 11.9 Å². The normalized spacial score (nSPS) is 32.6. The van der Waals surface area contributed by atoms with Crippen LogP contribution in [0.1, 0.15) is 39.0 Å². The van der Waals surface area contributed by atoms with Gasteiger partial charge in [-0.1, -0.05) is 19.1 Å². The Labute approximate surface area is 126 Å². The average Bonchev–Trinajstić information content (AvgIpc) is 2.49. The standard InChI is InChI=1S/C16H26N2O3/c1-2-9-18-10-7-12(8-11-18)17-15(19)13-5-3-4-6-14(13)16(20)21/h3-4,12-14H,2,5-11H2,1H3,(H,17,19)(H,20,21)/t13-,14+/m1/s1. The molecule has 1 aliphatic carbocycles. The molecule has 118 valence electrons. The van der Waals surface area contributed by atoms with Gasteiger partial charge in [-0.05, 0) is 19.3 Å². The van der Waals surface area contributed by atoms with Crippen LogP contribution in [-0.4, -0.2) is 37.6 Å². The Morgan fingerprint density at radius 2 is 1.81 bits per heavy atom. The first kappa shape index (κ1) is 16.0. The van der Waals surface area contributed by atoms with Crippen molar-refractivity contribution < 1.29 is 19.6 Å². The van der Waals surface area contributed by atoms with E-state index in [2.05, 4.69) is 12.2 Å². The Bertz CT molecular complexity index is 400. The summed E-state index contributed by atoms with van der Waals surface area (Å²) in [5.41, 5.74) is 0. The van der Waals surface area contributed by atoms with Crippen LogP contribution in [0.15, 0.2) is 12.2 Å². The summed E-state index contributed by atoms with van der Waals surface area (Å²) in [5.74, 6) is -2.37. The van der Waals surface area contributed by atoms with Crippen molar-refractivity contribution in [3.63, 3.8) is 0 Å². The third-order valence-corrected chi connectivity index (χ3v) is 4.71. The summed E-state index contributed by atoms with van der Waals surface area (Å²) >= 11 is 0. The molecule has 2 atom stereocenters. The first-order valence-electron chi connectivity index (χ1n) is 8.11. The molecule has 5 nitrogen and oxygen atoms in total. The van der Waals surface area contributed by atoms with Gasteiger partial charge in [0.2, 0.25) is 5.91 Å². The maximum Gasteiger partial charge on any atom is 0.224 e. The Morgan fingerprint density at radius 3 is 2.38 bits per heavy atom. The van der Waals surface area contributed by atoms with Crippen LogP contribution >= 0.6 is 0 Å². The number of aliphatic carboxylic acids is 1. The van der Waals surface area contributed by atoms with Gasteiger partial charge in [-0.25, -0.2) is 0 Å². The van der Waals surface area contributed by atoms with Gasteiger partial charge >= 0.3 is 0 Å². The lowest BCUT2D eigenvalue weighted by molar-refractivity contribution is -0.905. The van der Waals surface area contributed by atoms with E-state index in [-0.39, 0.29) is 11.9 Å². The topological polar surface area (TPSA) is 73.7 Å². The number of hydrogen-bond acceptors (Lipinski definition) is 3. The number of carboxylic acid groups (broad SMARTS) is 1. The number of carbonyl (C=O) groups is 2. The van der Waals surface area contributed by atoms with Gasteiger partial charge in [-0.15, -0.1) is 0 Å². The zero-order valence-corrected chi connectivity index (χ0v) is 12.8. The molecule has 1 fully saturated rings. The van der Waals surface area contributed by atoms with Crippen LogP contribution in [-0.2, 0) is 9.59 Å². The second-order valence-corrected chi connectivity index (χ2v) is 6.26. The van der Waals surface area contributed by atoms with E-state index in [1.165, 1.54) is 13.0 Å². The molecule has 21 heavy (non-hydrogen) atoms. The lowest BCUT2D eigenvalue weighted by Crippen LogP contribution is -3.13. The van der Waals surface area contributed by atoms with E-state index in [0.717, 1.165) is 25.9 Å². The monoisotopic (exact) mass is 294 g/mol. The van der Waals surface area contributed by atoms with Crippen molar-refractivity contribution in [1.82, 2.24) is 5.32 Å². The molecule has 0 saturated carbocycles. The van der Waals surface area contributed by atoms with Gasteiger partial charge in [0, 0.05) is 36.7 Å². The Balaban J connectivity index is 1.84. The number of likely N-dealkylation sites (tertiary alicyclic amines) is 1. The van der Waals surface area contributed by atoms with Crippen LogP contribution in [0.4, 0.5) is 0 Å².